The highest BCUT2D eigenvalue weighted by Crippen LogP contribution is 2.24. The quantitative estimate of drug-likeness (QED) is 0.774. The summed E-state index contributed by atoms with van der Waals surface area (Å²) in [6, 6.07) is 2.38. The molecule has 16 heavy (non-hydrogen) atoms. The SMILES string of the molecule is CCNC(CCC(C)(C)OC)c1ccoc1. The molecule has 3 nitrogen and oxygen atoms in total. The fourth-order valence-corrected chi connectivity index (χ4v) is 1.70. The van der Waals surface area contributed by atoms with E-state index in [1.54, 1.807) is 13.4 Å². The zero-order valence-electron chi connectivity index (χ0n) is 10.7. The second-order valence-corrected chi connectivity index (χ2v) is 4.67. The number of hydrogen-bond donors (Lipinski definition) is 1. The van der Waals surface area contributed by atoms with Crippen LogP contribution >= 0.6 is 0 Å². The summed E-state index contributed by atoms with van der Waals surface area (Å²) >= 11 is 0. The van der Waals surface area contributed by atoms with E-state index in [4.69, 9.17) is 9.15 Å². The summed E-state index contributed by atoms with van der Waals surface area (Å²) < 4.78 is 10.6. The number of nitrogens with one attached hydrogen (secondary N) is 1. The van der Waals surface area contributed by atoms with Crippen molar-refractivity contribution in [3.05, 3.63) is 24.2 Å². The molecule has 0 bridgehead atoms. The molecule has 0 fully saturated rings. The van der Waals surface area contributed by atoms with E-state index >= 15 is 0 Å². The van der Waals surface area contributed by atoms with Gasteiger partial charge >= 0.3 is 0 Å². The zero-order valence-corrected chi connectivity index (χ0v) is 10.7. The molecule has 1 N–H and O–H groups in total. The molecule has 0 saturated heterocycles. The third kappa shape index (κ3) is 3.99. The molecule has 0 aromatic carbocycles. The minimum atomic E-state index is -0.0581. The van der Waals surface area contributed by atoms with Gasteiger partial charge in [-0.3, -0.25) is 0 Å². The lowest BCUT2D eigenvalue weighted by Gasteiger charge is -2.25. The largest absolute Gasteiger partial charge is 0.472 e. The van der Waals surface area contributed by atoms with Gasteiger partial charge in [0.2, 0.25) is 0 Å². The van der Waals surface area contributed by atoms with Crippen LogP contribution in [0.1, 0.15) is 45.2 Å². The van der Waals surface area contributed by atoms with Crippen LogP contribution in [0.5, 0.6) is 0 Å². The minimum absolute atomic E-state index is 0.0581. The Morgan fingerprint density at radius 1 is 1.50 bits per heavy atom. The van der Waals surface area contributed by atoms with Crippen LogP contribution in [0, 0.1) is 0 Å². The van der Waals surface area contributed by atoms with E-state index < -0.39 is 0 Å². The maximum absolute atomic E-state index is 5.43. The van der Waals surface area contributed by atoms with Crippen molar-refractivity contribution in [2.45, 2.75) is 45.3 Å². The fourth-order valence-electron chi connectivity index (χ4n) is 1.70. The predicted octanol–water partition coefficient (Wildman–Crippen LogP) is 3.14. The van der Waals surface area contributed by atoms with Crippen LogP contribution in [0.3, 0.4) is 0 Å². The highest BCUT2D eigenvalue weighted by molar-refractivity contribution is 5.11. The van der Waals surface area contributed by atoms with Gasteiger partial charge in [0.25, 0.3) is 0 Å². The first-order valence-electron chi connectivity index (χ1n) is 5.89. The minimum Gasteiger partial charge on any atom is -0.472 e. The Hall–Kier alpha value is -0.800. The Balaban J connectivity index is 2.53. The van der Waals surface area contributed by atoms with Crippen molar-refractivity contribution in [3.63, 3.8) is 0 Å². The first kappa shape index (κ1) is 13.3. The first-order chi connectivity index (χ1) is 7.59. The molecule has 3 heteroatoms. The number of rotatable bonds is 7. The van der Waals surface area contributed by atoms with Gasteiger partial charge in [0.1, 0.15) is 0 Å². The molecule has 0 spiro atoms. The summed E-state index contributed by atoms with van der Waals surface area (Å²) in [6.07, 6.45) is 5.61. The molecule has 1 aromatic rings. The van der Waals surface area contributed by atoms with Crippen LogP contribution in [0.25, 0.3) is 0 Å². The van der Waals surface area contributed by atoms with Gasteiger partial charge in [0, 0.05) is 18.7 Å². The summed E-state index contributed by atoms with van der Waals surface area (Å²) in [6.45, 7) is 7.31. The highest BCUT2D eigenvalue weighted by atomic mass is 16.5. The predicted molar refractivity (Wildman–Crippen MR) is 65.4 cm³/mol. The molecule has 1 rings (SSSR count). The number of hydrogen-bond acceptors (Lipinski definition) is 3. The van der Waals surface area contributed by atoms with Crippen LogP contribution in [0.4, 0.5) is 0 Å². The van der Waals surface area contributed by atoms with Crippen LogP contribution in [-0.2, 0) is 4.74 Å². The van der Waals surface area contributed by atoms with Gasteiger partial charge in [-0.2, -0.15) is 0 Å². The standard InChI is InChI=1S/C13H23NO2/c1-5-14-12(11-7-9-16-10-11)6-8-13(2,3)15-4/h7,9-10,12,14H,5-6,8H2,1-4H3. The molecular formula is C13H23NO2. The Morgan fingerprint density at radius 2 is 2.25 bits per heavy atom. The molecule has 0 aliphatic carbocycles. The summed E-state index contributed by atoms with van der Waals surface area (Å²) in [5.74, 6) is 0. The van der Waals surface area contributed by atoms with Crippen LogP contribution in [0.2, 0.25) is 0 Å². The molecule has 1 aromatic heterocycles. The Labute approximate surface area is 98.2 Å². The summed E-state index contributed by atoms with van der Waals surface area (Å²) in [5, 5.41) is 3.47. The molecule has 0 radical (unpaired) electrons. The molecule has 0 saturated carbocycles. The van der Waals surface area contributed by atoms with Crippen molar-refractivity contribution >= 4 is 0 Å². The van der Waals surface area contributed by atoms with E-state index in [1.807, 2.05) is 12.3 Å². The smallest absolute Gasteiger partial charge is 0.0950 e. The van der Waals surface area contributed by atoms with Crippen LogP contribution in [0.15, 0.2) is 23.0 Å². The van der Waals surface area contributed by atoms with E-state index in [9.17, 15) is 0 Å². The van der Waals surface area contributed by atoms with Crippen molar-refractivity contribution in [3.8, 4) is 0 Å². The van der Waals surface area contributed by atoms with Gasteiger partial charge in [0.15, 0.2) is 0 Å². The molecule has 1 heterocycles. The molecular weight excluding hydrogens is 202 g/mol. The Kier molecular flexibility index (Phi) is 5.03. The second kappa shape index (κ2) is 6.06. The molecule has 1 unspecified atom stereocenters. The van der Waals surface area contributed by atoms with Gasteiger partial charge in [-0.25, -0.2) is 0 Å². The Morgan fingerprint density at radius 3 is 2.75 bits per heavy atom. The number of methoxy groups -OCH3 is 1. The number of furan rings is 1. The van der Waals surface area contributed by atoms with Gasteiger partial charge in [-0.1, -0.05) is 6.92 Å². The fraction of sp³-hybridized carbons (Fsp3) is 0.692. The van der Waals surface area contributed by atoms with E-state index in [-0.39, 0.29) is 5.60 Å². The third-order valence-corrected chi connectivity index (χ3v) is 2.98. The molecule has 0 amide bonds. The van der Waals surface area contributed by atoms with Crippen LogP contribution < -0.4 is 5.32 Å². The maximum atomic E-state index is 5.43. The monoisotopic (exact) mass is 225 g/mol. The van der Waals surface area contributed by atoms with Gasteiger partial charge in [0.05, 0.1) is 18.1 Å². The average molecular weight is 225 g/mol. The van der Waals surface area contributed by atoms with Crippen molar-refractivity contribution in [1.29, 1.82) is 0 Å². The molecule has 0 aliphatic rings. The van der Waals surface area contributed by atoms with E-state index in [0.29, 0.717) is 6.04 Å². The summed E-state index contributed by atoms with van der Waals surface area (Å²) in [4.78, 5) is 0. The van der Waals surface area contributed by atoms with Gasteiger partial charge < -0.3 is 14.5 Å². The topological polar surface area (TPSA) is 34.4 Å². The van der Waals surface area contributed by atoms with E-state index in [0.717, 1.165) is 19.4 Å². The lowest BCUT2D eigenvalue weighted by Crippen LogP contribution is -2.27. The van der Waals surface area contributed by atoms with E-state index in [2.05, 4.69) is 26.1 Å². The van der Waals surface area contributed by atoms with Crippen molar-refractivity contribution in [2.75, 3.05) is 13.7 Å². The maximum Gasteiger partial charge on any atom is 0.0950 e. The number of ether oxygens (including phenoxy) is 1. The van der Waals surface area contributed by atoms with Crippen molar-refractivity contribution in [2.24, 2.45) is 0 Å². The second-order valence-electron chi connectivity index (χ2n) is 4.67. The zero-order chi connectivity index (χ0) is 12.0. The summed E-state index contributed by atoms with van der Waals surface area (Å²) in [7, 11) is 1.76. The van der Waals surface area contributed by atoms with Crippen LogP contribution in [-0.4, -0.2) is 19.3 Å². The Bertz CT molecular complexity index is 280. The van der Waals surface area contributed by atoms with Gasteiger partial charge in [-0.15, -0.1) is 0 Å². The van der Waals surface area contributed by atoms with Crippen molar-refractivity contribution in [1.82, 2.24) is 5.32 Å². The molecule has 1 atom stereocenters. The average Bonchev–Trinajstić information content (AvgIpc) is 2.77. The van der Waals surface area contributed by atoms with Gasteiger partial charge in [-0.05, 0) is 39.3 Å². The third-order valence-electron chi connectivity index (χ3n) is 2.98. The molecule has 92 valence electrons. The lowest BCUT2D eigenvalue weighted by molar-refractivity contribution is 0.0117. The van der Waals surface area contributed by atoms with Crippen molar-refractivity contribution < 1.29 is 9.15 Å². The summed E-state index contributed by atoms with van der Waals surface area (Å²) in [5.41, 5.74) is 1.16. The van der Waals surface area contributed by atoms with E-state index in [1.165, 1.54) is 5.56 Å². The highest BCUT2D eigenvalue weighted by Gasteiger charge is 2.20. The molecule has 0 aliphatic heterocycles. The first-order valence-corrected chi connectivity index (χ1v) is 5.89. The lowest BCUT2D eigenvalue weighted by atomic mass is 9.96. The normalized spacial score (nSPS) is 14.0.